The van der Waals surface area contributed by atoms with Gasteiger partial charge in [-0.25, -0.2) is 0 Å². The summed E-state index contributed by atoms with van der Waals surface area (Å²) in [6.45, 7) is 4.08. The van der Waals surface area contributed by atoms with Crippen molar-refractivity contribution in [2.75, 3.05) is 5.75 Å². The van der Waals surface area contributed by atoms with Gasteiger partial charge in [-0.1, -0.05) is 19.9 Å². The van der Waals surface area contributed by atoms with Crippen LogP contribution in [0, 0.1) is 5.41 Å². The van der Waals surface area contributed by atoms with Gasteiger partial charge in [-0.2, -0.15) is 0 Å². The highest BCUT2D eigenvalue weighted by Crippen LogP contribution is 2.19. The van der Waals surface area contributed by atoms with E-state index in [-0.39, 0.29) is 30.7 Å². The van der Waals surface area contributed by atoms with Crippen molar-refractivity contribution < 1.29 is 0 Å². The average molecular weight is 267 g/mol. The molecule has 15 heavy (non-hydrogen) atoms. The van der Waals surface area contributed by atoms with E-state index in [0.717, 1.165) is 11.4 Å². The summed E-state index contributed by atoms with van der Waals surface area (Å²) in [5.41, 5.74) is 0.980. The van der Waals surface area contributed by atoms with Crippen molar-refractivity contribution in [2.45, 2.75) is 19.8 Å². The third kappa shape index (κ3) is 5.40. The van der Waals surface area contributed by atoms with Crippen LogP contribution in [0.2, 0.25) is 0 Å². The quantitative estimate of drug-likeness (QED) is 0.668. The Morgan fingerprint density at radius 1 is 1.47 bits per heavy atom. The van der Waals surface area contributed by atoms with Crippen molar-refractivity contribution >= 4 is 41.6 Å². The molecule has 0 spiro atoms. The summed E-state index contributed by atoms with van der Waals surface area (Å²) < 4.78 is 0. The smallest absolute Gasteiger partial charge is 0.0729 e. The van der Waals surface area contributed by atoms with Crippen LogP contribution >= 0.6 is 36.6 Å². The van der Waals surface area contributed by atoms with E-state index in [2.05, 4.69) is 11.9 Å². The van der Waals surface area contributed by atoms with Gasteiger partial charge in [0.1, 0.15) is 0 Å². The number of aromatic nitrogens is 1. The number of hydrogen-bond donors (Lipinski definition) is 1. The molecule has 1 aromatic rings. The molecular formula is C10H16Cl2N2S. The van der Waals surface area contributed by atoms with Crippen LogP contribution in [0.1, 0.15) is 25.5 Å². The number of hydrogen-bond acceptors (Lipinski definition) is 3. The van der Waals surface area contributed by atoms with Gasteiger partial charge < -0.3 is 0 Å². The Bertz CT molecular complexity index is 280. The third-order valence-corrected chi connectivity index (χ3v) is 2.78. The number of halogens is 2. The molecule has 0 saturated heterocycles. The Morgan fingerprint density at radius 2 is 2.13 bits per heavy atom. The van der Waals surface area contributed by atoms with Crippen LogP contribution in [0.4, 0.5) is 0 Å². The van der Waals surface area contributed by atoms with Crippen molar-refractivity contribution in [1.82, 2.24) is 4.98 Å². The summed E-state index contributed by atoms with van der Waals surface area (Å²) in [6.07, 6.45) is 1.77. The Morgan fingerprint density at radius 3 is 2.60 bits per heavy atom. The second-order valence-corrected chi connectivity index (χ2v) is 4.08. The van der Waals surface area contributed by atoms with Crippen LogP contribution in [-0.2, 0) is 0 Å². The standard InChI is InChI=1S/C10H14N2S.2ClH/c1-3-13-10(11)8(2)9-6-4-5-7-12-9;;/h4-8,11H,3H2,1-2H3;2*1H. The molecule has 5 heteroatoms. The Hall–Kier alpha value is -0.250. The molecule has 0 aliphatic rings. The molecule has 1 aromatic heterocycles. The molecule has 0 saturated carbocycles. The molecule has 0 aliphatic carbocycles. The molecule has 1 rings (SSSR count). The Balaban J connectivity index is 0. The monoisotopic (exact) mass is 266 g/mol. The largest absolute Gasteiger partial charge is 0.298 e. The van der Waals surface area contributed by atoms with Gasteiger partial charge in [0.2, 0.25) is 0 Å². The molecule has 0 aromatic carbocycles. The van der Waals surface area contributed by atoms with Crippen molar-refractivity contribution in [1.29, 1.82) is 5.41 Å². The van der Waals surface area contributed by atoms with Crippen LogP contribution < -0.4 is 0 Å². The normalized spacial score (nSPS) is 10.8. The zero-order valence-corrected chi connectivity index (χ0v) is 11.2. The van der Waals surface area contributed by atoms with Gasteiger partial charge in [0.25, 0.3) is 0 Å². The molecule has 0 aliphatic heterocycles. The van der Waals surface area contributed by atoms with Gasteiger partial charge in [-0.05, 0) is 17.9 Å². The Kier molecular flexibility index (Phi) is 10.3. The first-order chi connectivity index (χ1) is 6.25. The van der Waals surface area contributed by atoms with Crippen LogP contribution in [0.15, 0.2) is 24.4 Å². The predicted octanol–water partition coefficient (Wildman–Crippen LogP) is 3.76. The van der Waals surface area contributed by atoms with E-state index in [4.69, 9.17) is 5.41 Å². The number of nitrogens with zero attached hydrogens (tertiary/aromatic N) is 1. The summed E-state index contributed by atoms with van der Waals surface area (Å²) in [7, 11) is 0. The summed E-state index contributed by atoms with van der Waals surface area (Å²) in [5, 5.41) is 8.45. The lowest BCUT2D eigenvalue weighted by Crippen LogP contribution is -2.05. The first-order valence-electron chi connectivity index (χ1n) is 4.38. The maximum absolute atomic E-state index is 7.76. The van der Waals surface area contributed by atoms with Gasteiger partial charge in [0, 0.05) is 17.8 Å². The van der Waals surface area contributed by atoms with E-state index in [1.807, 2.05) is 25.1 Å². The lowest BCUT2D eigenvalue weighted by atomic mass is 10.1. The van der Waals surface area contributed by atoms with E-state index in [1.165, 1.54) is 0 Å². The zero-order chi connectivity index (χ0) is 9.68. The first kappa shape index (κ1) is 17.2. The van der Waals surface area contributed by atoms with Gasteiger partial charge in [0.05, 0.1) is 5.04 Å². The molecule has 0 fully saturated rings. The zero-order valence-electron chi connectivity index (χ0n) is 8.77. The van der Waals surface area contributed by atoms with Crippen molar-refractivity contribution in [3.8, 4) is 0 Å². The molecule has 2 nitrogen and oxygen atoms in total. The molecule has 1 atom stereocenters. The molecule has 1 unspecified atom stereocenters. The number of nitrogens with one attached hydrogen (secondary N) is 1. The van der Waals surface area contributed by atoms with Crippen LogP contribution in [0.3, 0.4) is 0 Å². The highest BCUT2D eigenvalue weighted by molar-refractivity contribution is 8.13. The topological polar surface area (TPSA) is 36.7 Å². The maximum Gasteiger partial charge on any atom is 0.0729 e. The molecule has 0 amide bonds. The first-order valence-corrected chi connectivity index (χ1v) is 5.36. The summed E-state index contributed by atoms with van der Waals surface area (Å²) in [6, 6.07) is 5.82. The fraction of sp³-hybridized carbons (Fsp3) is 0.400. The molecule has 86 valence electrons. The van der Waals surface area contributed by atoms with Crippen molar-refractivity contribution in [3.05, 3.63) is 30.1 Å². The van der Waals surface area contributed by atoms with E-state index in [1.54, 1.807) is 18.0 Å². The maximum atomic E-state index is 7.76. The lowest BCUT2D eigenvalue weighted by molar-refractivity contribution is 0.956. The number of rotatable bonds is 3. The minimum atomic E-state index is 0. The van der Waals surface area contributed by atoms with E-state index >= 15 is 0 Å². The molecule has 1 N–H and O–H groups in total. The predicted molar refractivity (Wildman–Crippen MR) is 73.0 cm³/mol. The highest BCUT2D eigenvalue weighted by atomic mass is 35.5. The number of pyridine rings is 1. The van der Waals surface area contributed by atoms with Gasteiger partial charge in [0.15, 0.2) is 0 Å². The minimum absolute atomic E-state index is 0. The van der Waals surface area contributed by atoms with Crippen LogP contribution in [0.25, 0.3) is 0 Å². The fourth-order valence-corrected chi connectivity index (χ4v) is 1.73. The summed E-state index contributed by atoms with van der Waals surface area (Å²) >= 11 is 1.58. The second kappa shape index (κ2) is 9.01. The lowest BCUT2D eigenvalue weighted by Gasteiger charge is -2.10. The third-order valence-electron chi connectivity index (χ3n) is 1.82. The van der Waals surface area contributed by atoms with Gasteiger partial charge in [-0.15, -0.1) is 36.6 Å². The molecule has 0 radical (unpaired) electrons. The SMILES string of the molecule is CCSC(=N)C(C)c1ccccn1.Cl.Cl. The van der Waals surface area contributed by atoms with Crippen molar-refractivity contribution in [2.24, 2.45) is 0 Å². The summed E-state index contributed by atoms with van der Waals surface area (Å²) in [4.78, 5) is 4.23. The fourth-order valence-electron chi connectivity index (χ4n) is 1.05. The summed E-state index contributed by atoms with van der Waals surface area (Å²) in [5.74, 6) is 1.09. The number of thioether (sulfide) groups is 1. The molecular weight excluding hydrogens is 251 g/mol. The molecule has 0 bridgehead atoms. The molecule has 1 heterocycles. The van der Waals surface area contributed by atoms with E-state index in [0.29, 0.717) is 5.04 Å². The van der Waals surface area contributed by atoms with E-state index < -0.39 is 0 Å². The Labute approximate surface area is 108 Å². The van der Waals surface area contributed by atoms with Gasteiger partial charge in [-0.3, -0.25) is 10.4 Å². The van der Waals surface area contributed by atoms with E-state index in [9.17, 15) is 0 Å². The highest BCUT2D eigenvalue weighted by Gasteiger charge is 2.11. The van der Waals surface area contributed by atoms with Crippen LogP contribution in [0.5, 0.6) is 0 Å². The van der Waals surface area contributed by atoms with Crippen LogP contribution in [-0.4, -0.2) is 15.8 Å². The average Bonchev–Trinajstić information content (AvgIpc) is 2.18. The second-order valence-electron chi connectivity index (χ2n) is 2.77. The van der Waals surface area contributed by atoms with Crippen molar-refractivity contribution in [3.63, 3.8) is 0 Å². The minimum Gasteiger partial charge on any atom is -0.298 e. The van der Waals surface area contributed by atoms with Gasteiger partial charge >= 0.3 is 0 Å².